The highest BCUT2D eigenvalue weighted by Crippen LogP contribution is 2.41. The molecule has 0 saturated heterocycles. The average molecular weight is 763 g/mol. The van der Waals surface area contributed by atoms with E-state index in [0.29, 0.717) is 5.82 Å². The van der Waals surface area contributed by atoms with Gasteiger partial charge < -0.3 is 0 Å². The van der Waals surface area contributed by atoms with Gasteiger partial charge in [0.15, 0.2) is 5.82 Å². The summed E-state index contributed by atoms with van der Waals surface area (Å²) in [6, 6.07) is 82.4. The third-order valence-electron chi connectivity index (χ3n) is 11.7. The van der Waals surface area contributed by atoms with Crippen molar-refractivity contribution in [1.82, 2.24) is 9.97 Å². The van der Waals surface area contributed by atoms with Crippen LogP contribution in [-0.2, 0) is 0 Å². The van der Waals surface area contributed by atoms with E-state index < -0.39 is 0 Å². The van der Waals surface area contributed by atoms with Gasteiger partial charge in [0.05, 0.1) is 11.4 Å². The second kappa shape index (κ2) is 15.1. The van der Waals surface area contributed by atoms with Crippen LogP contribution in [0.2, 0.25) is 0 Å². The van der Waals surface area contributed by atoms with Crippen LogP contribution in [0.15, 0.2) is 231 Å². The van der Waals surface area contributed by atoms with Gasteiger partial charge in [0, 0.05) is 16.7 Å². The van der Waals surface area contributed by atoms with Crippen molar-refractivity contribution in [1.29, 1.82) is 0 Å². The van der Waals surface area contributed by atoms with Crippen molar-refractivity contribution in [3.8, 4) is 78.4 Å². The van der Waals surface area contributed by atoms with Gasteiger partial charge in [-0.1, -0.05) is 212 Å². The highest BCUT2D eigenvalue weighted by molar-refractivity contribution is 6.20. The summed E-state index contributed by atoms with van der Waals surface area (Å²) in [5.41, 5.74) is 14.1. The Hall–Kier alpha value is -7.94. The molecule has 0 saturated carbocycles. The van der Waals surface area contributed by atoms with Gasteiger partial charge in [-0.25, -0.2) is 9.97 Å². The van der Waals surface area contributed by atoms with E-state index >= 15 is 0 Å². The van der Waals surface area contributed by atoms with Crippen molar-refractivity contribution < 1.29 is 0 Å². The third kappa shape index (κ3) is 6.51. The fourth-order valence-electron chi connectivity index (χ4n) is 8.68. The van der Waals surface area contributed by atoms with Crippen LogP contribution >= 0.6 is 0 Å². The lowest BCUT2D eigenvalue weighted by Crippen LogP contribution is -1.97. The molecular weight excluding hydrogens is 725 g/mol. The summed E-state index contributed by atoms with van der Waals surface area (Å²) in [6.07, 6.45) is 0. The Morgan fingerprint density at radius 2 is 0.750 bits per heavy atom. The number of aromatic nitrogens is 2. The minimum absolute atomic E-state index is 0.685. The van der Waals surface area contributed by atoms with E-state index in [1.165, 1.54) is 54.6 Å². The molecular formula is C58H38N2. The molecule has 11 aromatic rings. The molecule has 0 radical (unpaired) electrons. The van der Waals surface area contributed by atoms with Crippen molar-refractivity contribution in [2.24, 2.45) is 0 Å². The molecule has 0 unspecified atom stereocenters. The molecule has 10 aromatic carbocycles. The standard InChI is InChI=1S/C58H38N2/c1-4-14-39(15-5-1)41-24-30-46(31-25-41)58-59-55(38-56(60-58)51-34-33-47(40-16-6-2-7-17-40)36-53(51)42-18-8-3-9-19-42)44-26-28-45(29-27-44)57-50-23-13-11-21-48(50)37-54-49-22-12-10-20-43(49)32-35-52(54)57/h1-38H. The molecule has 0 spiro atoms. The maximum absolute atomic E-state index is 5.34. The first-order valence-corrected chi connectivity index (χ1v) is 20.5. The normalized spacial score (nSPS) is 11.3. The minimum Gasteiger partial charge on any atom is -0.228 e. The Morgan fingerprint density at radius 3 is 1.47 bits per heavy atom. The van der Waals surface area contributed by atoms with E-state index in [0.717, 1.165) is 50.3 Å². The van der Waals surface area contributed by atoms with Crippen molar-refractivity contribution in [3.05, 3.63) is 231 Å². The molecule has 0 amide bonds. The van der Waals surface area contributed by atoms with Crippen LogP contribution in [0.4, 0.5) is 0 Å². The summed E-state index contributed by atoms with van der Waals surface area (Å²) in [7, 11) is 0. The van der Waals surface area contributed by atoms with Crippen LogP contribution < -0.4 is 0 Å². The Kier molecular flexibility index (Phi) is 8.87. The second-order valence-electron chi connectivity index (χ2n) is 15.3. The van der Waals surface area contributed by atoms with E-state index in [1.54, 1.807) is 0 Å². The molecule has 60 heavy (non-hydrogen) atoms. The molecule has 11 rings (SSSR count). The van der Waals surface area contributed by atoms with Gasteiger partial charge in [-0.05, 0) is 95.0 Å². The second-order valence-corrected chi connectivity index (χ2v) is 15.3. The van der Waals surface area contributed by atoms with Crippen LogP contribution in [0.5, 0.6) is 0 Å². The molecule has 0 bridgehead atoms. The molecule has 1 heterocycles. The summed E-state index contributed by atoms with van der Waals surface area (Å²) in [6.45, 7) is 0. The van der Waals surface area contributed by atoms with Gasteiger partial charge in [-0.3, -0.25) is 0 Å². The average Bonchev–Trinajstić information content (AvgIpc) is 3.34. The lowest BCUT2D eigenvalue weighted by atomic mass is 9.89. The molecule has 280 valence electrons. The van der Waals surface area contributed by atoms with Gasteiger partial charge >= 0.3 is 0 Å². The quantitative estimate of drug-likeness (QED) is 0.119. The SMILES string of the molecule is c1ccc(-c2ccc(-c3nc(-c4ccc(-c5c6ccccc6cc6c5ccc5ccccc56)cc4)cc(-c4ccc(-c5ccccc5)cc4-c4ccccc4)n3)cc2)cc1. The van der Waals surface area contributed by atoms with Crippen molar-refractivity contribution in [3.63, 3.8) is 0 Å². The summed E-state index contributed by atoms with van der Waals surface area (Å²) in [5.74, 6) is 0.685. The smallest absolute Gasteiger partial charge is 0.160 e. The lowest BCUT2D eigenvalue weighted by Gasteiger charge is -2.16. The van der Waals surface area contributed by atoms with Crippen LogP contribution in [-0.4, -0.2) is 9.97 Å². The Bertz CT molecular complexity index is 3320. The fourth-order valence-corrected chi connectivity index (χ4v) is 8.68. The molecule has 0 atom stereocenters. The number of benzene rings is 10. The first kappa shape index (κ1) is 35.2. The van der Waals surface area contributed by atoms with E-state index in [-0.39, 0.29) is 0 Å². The van der Waals surface area contributed by atoms with Gasteiger partial charge in [0.25, 0.3) is 0 Å². The van der Waals surface area contributed by atoms with Crippen molar-refractivity contribution in [2.45, 2.75) is 0 Å². The topological polar surface area (TPSA) is 25.8 Å². The molecule has 0 fully saturated rings. The van der Waals surface area contributed by atoms with E-state index in [4.69, 9.17) is 9.97 Å². The molecule has 1 aromatic heterocycles. The predicted molar refractivity (Wildman–Crippen MR) is 253 cm³/mol. The van der Waals surface area contributed by atoms with Crippen LogP contribution in [0.1, 0.15) is 0 Å². The third-order valence-corrected chi connectivity index (χ3v) is 11.7. The molecule has 2 heteroatoms. The van der Waals surface area contributed by atoms with Gasteiger partial charge in [0.1, 0.15) is 0 Å². The van der Waals surface area contributed by atoms with Crippen LogP contribution in [0, 0.1) is 0 Å². The molecule has 0 N–H and O–H groups in total. The van der Waals surface area contributed by atoms with Crippen LogP contribution in [0.25, 0.3) is 111 Å². The van der Waals surface area contributed by atoms with Crippen molar-refractivity contribution >= 4 is 32.3 Å². The molecule has 0 aliphatic carbocycles. The summed E-state index contributed by atoms with van der Waals surface area (Å²) < 4.78 is 0. The van der Waals surface area contributed by atoms with Gasteiger partial charge in [-0.15, -0.1) is 0 Å². The fraction of sp³-hybridized carbons (Fsp3) is 0. The zero-order valence-corrected chi connectivity index (χ0v) is 32.8. The largest absolute Gasteiger partial charge is 0.228 e. The number of hydrogen-bond donors (Lipinski definition) is 0. The van der Waals surface area contributed by atoms with E-state index in [9.17, 15) is 0 Å². The Balaban J connectivity index is 1.08. The number of nitrogens with zero attached hydrogens (tertiary/aromatic N) is 2. The molecule has 0 aliphatic rings. The maximum Gasteiger partial charge on any atom is 0.160 e. The first-order chi connectivity index (χ1) is 29.7. The maximum atomic E-state index is 5.34. The zero-order valence-electron chi connectivity index (χ0n) is 32.8. The predicted octanol–water partition coefficient (Wildman–Crippen LogP) is 15.6. The van der Waals surface area contributed by atoms with Gasteiger partial charge in [0.2, 0.25) is 0 Å². The zero-order chi connectivity index (χ0) is 39.8. The summed E-state index contributed by atoms with van der Waals surface area (Å²) in [4.78, 5) is 10.6. The summed E-state index contributed by atoms with van der Waals surface area (Å²) >= 11 is 0. The minimum atomic E-state index is 0.685. The Morgan fingerprint density at radius 1 is 0.233 bits per heavy atom. The number of rotatable bonds is 7. The van der Waals surface area contributed by atoms with Crippen LogP contribution in [0.3, 0.4) is 0 Å². The highest BCUT2D eigenvalue weighted by atomic mass is 14.9. The summed E-state index contributed by atoms with van der Waals surface area (Å²) in [5, 5.41) is 7.50. The van der Waals surface area contributed by atoms with Crippen molar-refractivity contribution in [2.75, 3.05) is 0 Å². The van der Waals surface area contributed by atoms with E-state index in [1.807, 2.05) is 6.07 Å². The lowest BCUT2D eigenvalue weighted by molar-refractivity contribution is 1.18. The Labute approximate surface area is 349 Å². The first-order valence-electron chi connectivity index (χ1n) is 20.5. The number of fused-ring (bicyclic) bond motifs is 4. The van der Waals surface area contributed by atoms with Gasteiger partial charge in [-0.2, -0.15) is 0 Å². The molecule has 0 aliphatic heterocycles. The highest BCUT2D eigenvalue weighted by Gasteiger charge is 2.17. The number of hydrogen-bond acceptors (Lipinski definition) is 2. The monoisotopic (exact) mass is 762 g/mol. The molecule has 2 nitrogen and oxygen atoms in total. The van der Waals surface area contributed by atoms with E-state index in [2.05, 4.69) is 224 Å².